The average molecular weight is 368 g/mol. The van der Waals surface area contributed by atoms with Crippen molar-refractivity contribution in [2.75, 3.05) is 19.0 Å². The van der Waals surface area contributed by atoms with Crippen LogP contribution in [-0.2, 0) is 11.2 Å². The van der Waals surface area contributed by atoms with Gasteiger partial charge >= 0.3 is 0 Å². The molecule has 2 N–H and O–H groups in total. The third kappa shape index (κ3) is 4.05. The third-order valence-electron chi connectivity index (χ3n) is 4.41. The first kappa shape index (κ1) is 18.8. The molecule has 0 unspecified atom stereocenters. The van der Waals surface area contributed by atoms with Gasteiger partial charge in [-0.3, -0.25) is 9.59 Å². The lowest BCUT2D eigenvalue weighted by atomic mass is 10.0. The second kappa shape index (κ2) is 7.31. The minimum Gasteiger partial charge on any atom is -0.483 e. The van der Waals surface area contributed by atoms with Gasteiger partial charge in [0.25, 0.3) is 11.8 Å². The molecule has 0 fully saturated rings. The molecule has 0 atom stereocenters. The van der Waals surface area contributed by atoms with Crippen molar-refractivity contribution in [3.8, 4) is 11.5 Å². The van der Waals surface area contributed by atoms with E-state index in [-0.39, 0.29) is 24.0 Å². The molecule has 0 radical (unpaired) electrons. The number of ether oxygens (including phenoxy) is 2. The standard InChI is InChI=1S/C21H24N2O4/c1-13-7-5-9-15(18(13)20(25)22-4)23-17(24)12-26-16-10-6-8-14-11-21(2,3)27-19(14)16/h5-10H,11-12H2,1-4H3,(H,22,25)(H,23,24). The number of carbonyl (C=O) groups excluding carboxylic acids is 2. The zero-order chi connectivity index (χ0) is 19.6. The smallest absolute Gasteiger partial charge is 0.262 e. The molecule has 0 spiro atoms. The van der Waals surface area contributed by atoms with Crippen molar-refractivity contribution in [2.24, 2.45) is 0 Å². The Balaban J connectivity index is 1.70. The van der Waals surface area contributed by atoms with Crippen LogP contribution in [0.3, 0.4) is 0 Å². The molecule has 6 nitrogen and oxygen atoms in total. The van der Waals surface area contributed by atoms with Crippen LogP contribution in [0.2, 0.25) is 0 Å². The number of nitrogens with one attached hydrogen (secondary N) is 2. The Morgan fingerprint density at radius 1 is 1.19 bits per heavy atom. The van der Waals surface area contributed by atoms with Gasteiger partial charge in [0, 0.05) is 19.0 Å². The first-order valence-electron chi connectivity index (χ1n) is 8.86. The molecule has 27 heavy (non-hydrogen) atoms. The summed E-state index contributed by atoms with van der Waals surface area (Å²) in [7, 11) is 1.56. The minimum absolute atomic E-state index is 0.179. The van der Waals surface area contributed by atoms with E-state index in [0.717, 1.165) is 17.5 Å². The number of para-hydroxylation sites is 1. The molecule has 0 aromatic heterocycles. The minimum atomic E-state index is -0.347. The number of benzene rings is 2. The Labute approximate surface area is 158 Å². The highest BCUT2D eigenvalue weighted by Crippen LogP contribution is 2.41. The summed E-state index contributed by atoms with van der Waals surface area (Å²) >= 11 is 0. The van der Waals surface area contributed by atoms with Crippen LogP contribution in [0, 0.1) is 6.92 Å². The summed E-state index contributed by atoms with van der Waals surface area (Å²) in [4.78, 5) is 24.5. The van der Waals surface area contributed by atoms with Crippen LogP contribution < -0.4 is 20.1 Å². The van der Waals surface area contributed by atoms with Gasteiger partial charge in [-0.2, -0.15) is 0 Å². The molecule has 2 aromatic carbocycles. The van der Waals surface area contributed by atoms with E-state index < -0.39 is 0 Å². The van der Waals surface area contributed by atoms with Crippen LogP contribution >= 0.6 is 0 Å². The summed E-state index contributed by atoms with van der Waals surface area (Å²) in [6.07, 6.45) is 0.796. The quantitative estimate of drug-likeness (QED) is 0.850. The SMILES string of the molecule is CNC(=O)c1c(C)cccc1NC(=O)COc1cccc2c1OC(C)(C)C2. The highest BCUT2D eigenvalue weighted by atomic mass is 16.5. The van der Waals surface area contributed by atoms with Gasteiger partial charge in [0.2, 0.25) is 0 Å². The maximum Gasteiger partial charge on any atom is 0.262 e. The summed E-state index contributed by atoms with van der Waals surface area (Å²) in [5.74, 6) is 0.641. The molecule has 1 aliphatic heterocycles. The van der Waals surface area contributed by atoms with Gasteiger partial charge in [-0.15, -0.1) is 0 Å². The lowest BCUT2D eigenvalue weighted by molar-refractivity contribution is -0.118. The van der Waals surface area contributed by atoms with Crippen molar-refractivity contribution in [3.05, 3.63) is 53.1 Å². The van der Waals surface area contributed by atoms with E-state index in [4.69, 9.17) is 9.47 Å². The van der Waals surface area contributed by atoms with E-state index >= 15 is 0 Å². The van der Waals surface area contributed by atoms with Gasteiger partial charge in [0.05, 0.1) is 11.3 Å². The van der Waals surface area contributed by atoms with E-state index in [2.05, 4.69) is 10.6 Å². The zero-order valence-corrected chi connectivity index (χ0v) is 16.0. The molecule has 0 bridgehead atoms. The van der Waals surface area contributed by atoms with E-state index in [0.29, 0.717) is 22.7 Å². The van der Waals surface area contributed by atoms with Crippen molar-refractivity contribution < 1.29 is 19.1 Å². The van der Waals surface area contributed by atoms with Crippen LogP contribution in [0.25, 0.3) is 0 Å². The van der Waals surface area contributed by atoms with Crippen molar-refractivity contribution >= 4 is 17.5 Å². The van der Waals surface area contributed by atoms with Crippen molar-refractivity contribution in [1.29, 1.82) is 0 Å². The number of rotatable bonds is 5. The fourth-order valence-corrected chi connectivity index (χ4v) is 3.23. The Hall–Kier alpha value is -3.02. The van der Waals surface area contributed by atoms with Gasteiger partial charge in [0.1, 0.15) is 5.60 Å². The Kier molecular flexibility index (Phi) is 5.08. The van der Waals surface area contributed by atoms with Crippen LogP contribution in [0.1, 0.15) is 35.3 Å². The maximum atomic E-state index is 12.4. The monoisotopic (exact) mass is 368 g/mol. The van der Waals surface area contributed by atoms with Crippen LogP contribution in [0.4, 0.5) is 5.69 Å². The molecule has 1 aliphatic rings. The first-order valence-corrected chi connectivity index (χ1v) is 8.86. The summed E-state index contributed by atoms with van der Waals surface area (Å²) in [5.41, 5.74) is 2.47. The maximum absolute atomic E-state index is 12.4. The second-order valence-electron chi connectivity index (χ2n) is 7.20. The first-order chi connectivity index (χ1) is 12.8. The summed E-state index contributed by atoms with van der Waals surface area (Å²) in [5, 5.41) is 5.35. The molecule has 1 heterocycles. The lowest BCUT2D eigenvalue weighted by Gasteiger charge is -2.18. The topological polar surface area (TPSA) is 76.7 Å². The zero-order valence-electron chi connectivity index (χ0n) is 16.0. The highest BCUT2D eigenvalue weighted by Gasteiger charge is 2.32. The van der Waals surface area contributed by atoms with E-state index in [1.807, 2.05) is 39.0 Å². The number of hydrogen-bond acceptors (Lipinski definition) is 4. The average Bonchev–Trinajstić information content (AvgIpc) is 2.94. The van der Waals surface area contributed by atoms with Gasteiger partial charge < -0.3 is 20.1 Å². The van der Waals surface area contributed by atoms with E-state index in [9.17, 15) is 9.59 Å². The number of carbonyl (C=O) groups is 2. The number of hydrogen-bond donors (Lipinski definition) is 2. The molecule has 0 aliphatic carbocycles. The van der Waals surface area contributed by atoms with Crippen LogP contribution in [0.15, 0.2) is 36.4 Å². The van der Waals surface area contributed by atoms with Crippen molar-refractivity contribution in [2.45, 2.75) is 32.8 Å². The fraction of sp³-hybridized carbons (Fsp3) is 0.333. The molecule has 0 saturated carbocycles. The summed E-state index contributed by atoms with van der Waals surface area (Å²) < 4.78 is 11.6. The molecular formula is C21H24N2O4. The Bertz CT molecular complexity index is 890. The van der Waals surface area contributed by atoms with Crippen molar-refractivity contribution in [3.63, 3.8) is 0 Å². The second-order valence-corrected chi connectivity index (χ2v) is 7.20. The number of amides is 2. The highest BCUT2D eigenvalue weighted by molar-refractivity contribution is 6.05. The molecule has 3 rings (SSSR count). The molecule has 2 amide bonds. The predicted octanol–water partition coefficient (Wildman–Crippen LogP) is 3.09. The summed E-state index contributed by atoms with van der Waals surface area (Å²) in [6.45, 7) is 5.67. The number of anilines is 1. The Morgan fingerprint density at radius 2 is 1.93 bits per heavy atom. The molecule has 142 valence electrons. The van der Waals surface area contributed by atoms with Crippen LogP contribution in [0.5, 0.6) is 11.5 Å². The van der Waals surface area contributed by atoms with Crippen molar-refractivity contribution in [1.82, 2.24) is 5.32 Å². The Morgan fingerprint density at radius 3 is 2.67 bits per heavy atom. The molecule has 0 saturated heterocycles. The molecule has 6 heteroatoms. The van der Waals surface area contributed by atoms with Gasteiger partial charge in [0.15, 0.2) is 18.1 Å². The number of fused-ring (bicyclic) bond motifs is 1. The third-order valence-corrected chi connectivity index (χ3v) is 4.41. The predicted molar refractivity (Wildman–Crippen MR) is 104 cm³/mol. The van der Waals surface area contributed by atoms with E-state index in [1.165, 1.54) is 0 Å². The number of aryl methyl sites for hydroxylation is 1. The molecular weight excluding hydrogens is 344 g/mol. The van der Waals surface area contributed by atoms with E-state index in [1.54, 1.807) is 25.2 Å². The fourth-order valence-electron chi connectivity index (χ4n) is 3.23. The summed E-state index contributed by atoms with van der Waals surface area (Å²) in [6, 6.07) is 11.0. The van der Waals surface area contributed by atoms with Gasteiger partial charge in [-0.05, 0) is 38.5 Å². The largest absolute Gasteiger partial charge is 0.483 e. The van der Waals surface area contributed by atoms with Crippen LogP contribution in [-0.4, -0.2) is 31.1 Å². The normalized spacial score (nSPS) is 14.1. The van der Waals surface area contributed by atoms with Gasteiger partial charge in [-0.1, -0.05) is 24.3 Å². The lowest BCUT2D eigenvalue weighted by Crippen LogP contribution is -2.26. The van der Waals surface area contributed by atoms with Gasteiger partial charge in [-0.25, -0.2) is 0 Å². The molecule has 2 aromatic rings.